The van der Waals surface area contributed by atoms with Crippen LogP contribution in [0.3, 0.4) is 0 Å². The molecule has 204 valence electrons. The molecule has 2 amide bonds. The van der Waals surface area contributed by atoms with Crippen molar-refractivity contribution in [1.29, 1.82) is 0 Å². The van der Waals surface area contributed by atoms with Gasteiger partial charge in [0.1, 0.15) is 11.6 Å². The summed E-state index contributed by atoms with van der Waals surface area (Å²) in [6.07, 6.45) is 2.87. The van der Waals surface area contributed by atoms with Gasteiger partial charge in [-0.1, -0.05) is 23.7 Å². The van der Waals surface area contributed by atoms with Crippen LogP contribution >= 0.6 is 24.0 Å². The van der Waals surface area contributed by atoms with E-state index in [0.29, 0.717) is 53.7 Å². The number of anilines is 1. The fourth-order valence-corrected chi connectivity index (χ4v) is 4.62. The monoisotopic (exact) mass is 556 g/mol. The number of ether oxygens (including phenoxy) is 1. The van der Waals surface area contributed by atoms with Crippen LogP contribution in [0.2, 0.25) is 5.02 Å². The molecule has 1 fully saturated rings. The summed E-state index contributed by atoms with van der Waals surface area (Å²) >= 11 is 6.07. The Balaban J connectivity index is 0.00000481. The summed E-state index contributed by atoms with van der Waals surface area (Å²) in [6, 6.07) is 9.19. The smallest absolute Gasteiger partial charge is 0.404 e. The van der Waals surface area contributed by atoms with E-state index in [1.807, 2.05) is 0 Å². The van der Waals surface area contributed by atoms with Gasteiger partial charge in [0.05, 0.1) is 23.4 Å². The number of amides is 2. The van der Waals surface area contributed by atoms with Crippen molar-refractivity contribution in [3.05, 3.63) is 58.4 Å². The highest BCUT2D eigenvalue weighted by molar-refractivity contribution is 6.33. The van der Waals surface area contributed by atoms with Gasteiger partial charge in [-0.3, -0.25) is 4.79 Å². The van der Waals surface area contributed by atoms with Crippen molar-refractivity contribution >= 4 is 41.7 Å². The molecule has 0 radical (unpaired) electrons. The lowest BCUT2D eigenvalue weighted by atomic mass is 9.96. The highest BCUT2D eigenvalue weighted by Gasteiger charge is 2.22. The van der Waals surface area contributed by atoms with Gasteiger partial charge in [-0.2, -0.15) is 0 Å². The second-order valence-electron chi connectivity index (χ2n) is 9.17. The second kappa shape index (κ2) is 14.9. The molecule has 0 saturated carbocycles. The second-order valence-corrected chi connectivity index (χ2v) is 9.58. The first-order chi connectivity index (χ1) is 17.2. The number of hydrogen-bond acceptors (Lipinski definition) is 5. The minimum atomic E-state index is -1.03. The third-order valence-electron chi connectivity index (χ3n) is 6.64. The van der Waals surface area contributed by atoms with Crippen molar-refractivity contribution < 1.29 is 23.8 Å². The van der Waals surface area contributed by atoms with Gasteiger partial charge in [0.2, 0.25) is 0 Å². The zero-order valence-electron chi connectivity index (χ0n) is 20.8. The molecule has 0 bridgehead atoms. The molecule has 0 aliphatic carbocycles. The van der Waals surface area contributed by atoms with Gasteiger partial charge in [0.15, 0.2) is 0 Å². The summed E-state index contributed by atoms with van der Waals surface area (Å²) in [7, 11) is 1.48. The predicted molar refractivity (Wildman–Crippen MR) is 145 cm³/mol. The lowest BCUT2D eigenvalue weighted by Gasteiger charge is -2.33. The zero-order chi connectivity index (χ0) is 26.1. The quantitative estimate of drug-likeness (QED) is 0.301. The number of rotatable bonds is 11. The molecule has 1 aliphatic rings. The maximum atomic E-state index is 13.1. The van der Waals surface area contributed by atoms with Crippen LogP contribution in [-0.4, -0.2) is 61.3 Å². The van der Waals surface area contributed by atoms with E-state index >= 15 is 0 Å². The lowest BCUT2D eigenvalue weighted by Crippen LogP contribution is -2.41. The van der Waals surface area contributed by atoms with Crippen molar-refractivity contribution in [1.82, 2.24) is 15.5 Å². The van der Waals surface area contributed by atoms with Crippen molar-refractivity contribution in [2.75, 3.05) is 39.0 Å². The average Bonchev–Trinajstić information content (AvgIpc) is 2.86. The van der Waals surface area contributed by atoms with E-state index in [2.05, 4.69) is 15.5 Å². The number of benzene rings is 2. The van der Waals surface area contributed by atoms with E-state index in [1.54, 1.807) is 18.2 Å². The Hall–Kier alpha value is -2.75. The number of aryl methyl sites for hydroxylation is 1. The minimum absolute atomic E-state index is 0. The number of likely N-dealkylation sites (tertiary alicyclic amines) is 1. The first-order valence-corrected chi connectivity index (χ1v) is 12.5. The molecule has 5 N–H and O–H groups in total. The van der Waals surface area contributed by atoms with Crippen molar-refractivity contribution in [2.24, 2.45) is 5.92 Å². The molecular formula is C26H35Cl2FN4O4. The molecule has 0 aromatic heterocycles. The molecule has 3 rings (SSSR count). The van der Waals surface area contributed by atoms with Gasteiger partial charge in [0.25, 0.3) is 5.91 Å². The summed E-state index contributed by atoms with van der Waals surface area (Å²) in [6.45, 7) is 3.11. The summed E-state index contributed by atoms with van der Waals surface area (Å²) in [5.41, 5.74) is 7.48. The minimum Gasteiger partial charge on any atom is -0.496 e. The fourth-order valence-electron chi connectivity index (χ4n) is 4.46. The number of carbonyl (C=O) groups is 2. The maximum absolute atomic E-state index is 13.1. The predicted octanol–water partition coefficient (Wildman–Crippen LogP) is 4.59. The normalized spacial score (nSPS) is 14.9. The van der Waals surface area contributed by atoms with Gasteiger partial charge < -0.3 is 31.1 Å². The van der Waals surface area contributed by atoms with Crippen molar-refractivity contribution in [2.45, 2.75) is 38.1 Å². The molecule has 1 saturated heterocycles. The largest absolute Gasteiger partial charge is 0.496 e. The molecular weight excluding hydrogens is 522 g/mol. The molecule has 1 aliphatic heterocycles. The number of nitrogen functional groups attached to an aromatic ring is 1. The lowest BCUT2D eigenvalue weighted by molar-refractivity contribution is 0.0932. The number of hydrogen-bond donors (Lipinski definition) is 4. The Labute approximate surface area is 228 Å². The number of carbonyl (C=O) groups excluding carboxylic acids is 1. The average molecular weight is 557 g/mol. The van der Waals surface area contributed by atoms with Crippen LogP contribution in [0.15, 0.2) is 36.4 Å². The molecule has 1 atom stereocenters. The van der Waals surface area contributed by atoms with E-state index in [0.717, 1.165) is 38.0 Å². The van der Waals surface area contributed by atoms with Crippen LogP contribution in [0.5, 0.6) is 5.75 Å². The number of piperidine rings is 1. The molecule has 11 heteroatoms. The molecule has 1 heterocycles. The highest BCUT2D eigenvalue weighted by Crippen LogP contribution is 2.29. The van der Waals surface area contributed by atoms with Crippen LogP contribution in [-0.2, 0) is 6.42 Å². The maximum Gasteiger partial charge on any atom is 0.404 e. The van der Waals surface area contributed by atoms with Gasteiger partial charge in [0, 0.05) is 25.2 Å². The number of halogens is 3. The zero-order valence-corrected chi connectivity index (χ0v) is 22.4. The summed E-state index contributed by atoms with van der Waals surface area (Å²) < 4.78 is 18.4. The number of methoxy groups -OCH3 is 1. The van der Waals surface area contributed by atoms with Crippen molar-refractivity contribution in [3.63, 3.8) is 0 Å². The Morgan fingerprint density at radius 3 is 2.51 bits per heavy atom. The van der Waals surface area contributed by atoms with Crippen LogP contribution < -0.4 is 21.1 Å². The van der Waals surface area contributed by atoms with Gasteiger partial charge in [-0.25, -0.2) is 9.18 Å². The summed E-state index contributed by atoms with van der Waals surface area (Å²) in [5.74, 6) is 0.205. The van der Waals surface area contributed by atoms with Crippen LogP contribution in [0, 0.1) is 11.7 Å². The Bertz CT molecular complexity index is 1030. The third-order valence-corrected chi connectivity index (χ3v) is 6.97. The SMILES string of the molecule is COc1cc(N)c(Cl)cc1C(=O)NCC1CCN(CCC(CCc2ccc(F)cc2)NC(=O)O)CC1.Cl. The first-order valence-electron chi connectivity index (χ1n) is 12.1. The molecule has 1 unspecified atom stereocenters. The van der Waals surface area contributed by atoms with Crippen LogP contribution in [0.1, 0.15) is 41.6 Å². The van der Waals surface area contributed by atoms with Gasteiger partial charge in [-0.15, -0.1) is 12.4 Å². The van der Waals surface area contributed by atoms with Crippen molar-refractivity contribution in [3.8, 4) is 5.75 Å². The molecule has 37 heavy (non-hydrogen) atoms. The first kappa shape index (κ1) is 30.5. The van der Waals surface area contributed by atoms with E-state index in [1.165, 1.54) is 25.3 Å². The Morgan fingerprint density at radius 2 is 1.89 bits per heavy atom. The Morgan fingerprint density at radius 1 is 1.22 bits per heavy atom. The molecule has 8 nitrogen and oxygen atoms in total. The van der Waals surface area contributed by atoms with Gasteiger partial charge >= 0.3 is 6.09 Å². The number of nitrogens with zero attached hydrogens (tertiary/aromatic N) is 1. The standard InChI is InChI=1S/C26H34ClFN4O4.ClH/c1-36-24-15-23(29)22(27)14-21(24)25(33)30-16-18-8-11-32(12-9-18)13-10-20(31-26(34)35)7-4-17-2-5-19(28)6-3-17;/h2-3,5-6,14-15,18,20,31H,4,7-13,16,29H2,1H3,(H,30,33)(H,34,35);1H. The topological polar surface area (TPSA) is 117 Å². The van der Waals surface area contributed by atoms with E-state index in [4.69, 9.17) is 22.1 Å². The number of carboxylic acid groups (broad SMARTS) is 1. The molecule has 2 aromatic rings. The number of nitrogens with one attached hydrogen (secondary N) is 2. The number of nitrogens with two attached hydrogens (primary N) is 1. The third kappa shape index (κ3) is 9.57. The van der Waals surface area contributed by atoms with Crippen LogP contribution in [0.25, 0.3) is 0 Å². The van der Waals surface area contributed by atoms with E-state index in [9.17, 15) is 19.1 Å². The van der Waals surface area contributed by atoms with E-state index in [-0.39, 0.29) is 30.2 Å². The van der Waals surface area contributed by atoms with E-state index < -0.39 is 6.09 Å². The fraction of sp³-hybridized carbons (Fsp3) is 0.462. The summed E-state index contributed by atoms with van der Waals surface area (Å²) in [4.78, 5) is 26.2. The molecule has 0 spiro atoms. The summed E-state index contributed by atoms with van der Waals surface area (Å²) in [5, 5.41) is 15.1. The highest BCUT2D eigenvalue weighted by atomic mass is 35.5. The van der Waals surface area contributed by atoms with Crippen LogP contribution in [0.4, 0.5) is 14.9 Å². The Kier molecular flexibility index (Phi) is 12.2. The molecule has 2 aromatic carbocycles. The van der Waals surface area contributed by atoms with Gasteiger partial charge in [-0.05, 0) is 74.9 Å².